The summed E-state index contributed by atoms with van der Waals surface area (Å²) in [6.45, 7) is 5.51. The molecule has 0 aromatic heterocycles. The summed E-state index contributed by atoms with van der Waals surface area (Å²) in [4.78, 5) is 0. The van der Waals surface area contributed by atoms with Gasteiger partial charge in [-0.15, -0.1) is 0 Å². The van der Waals surface area contributed by atoms with Gasteiger partial charge in [0.15, 0.2) is 11.5 Å². The average Bonchev–Trinajstić information content (AvgIpc) is 2.50. The molecule has 1 aliphatic rings. The Labute approximate surface area is 122 Å². The summed E-state index contributed by atoms with van der Waals surface area (Å²) in [5, 5.41) is 3.51. The molecule has 20 heavy (non-hydrogen) atoms. The van der Waals surface area contributed by atoms with E-state index in [0.29, 0.717) is 13.2 Å². The molecule has 0 atom stereocenters. The second-order valence-corrected chi connectivity index (χ2v) is 5.39. The number of para-hydroxylation sites is 1. The van der Waals surface area contributed by atoms with E-state index in [2.05, 4.69) is 18.3 Å². The third kappa shape index (κ3) is 4.71. The lowest BCUT2D eigenvalue weighted by Crippen LogP contribution is -2.19. The molecule has 1 N–H and O–H groups in total. The molecule has 3 nitrogen and oxygen atoms in total. The van der Waals surface area contributed by atoms with Gasteiger partial charge in [-0.1, -0.05) is 51.2 Å². The van der Waals surface area contributed by atoms with E-state index in [0.717, 1.165) is 24.6 Å². The van der Waals surface area contributed by atoms with Crippen LogP contribution in [0.2, 0.25) is 0 Å². The maximum atomic E-state index is 5.71. The highest BCUT2D eigenvalue weighted by atomic mass is 16.6. The SMILES string of the molecule is CCCCCCCCNCc1cccc2c1OCCO2. The molecule has 3 heteroatoms. The molecule has 0 aliphatic carbocycles. The second-order valence-electron chi connectivity index (χ2n) is 5.39. The third-order valence-corrected chi connectivity index (χ3v) is 3.67. The predicted molar refractivity (Wildman–Crippen MR) is 82.5 cm³/mol. The molecule has 1 aromatic carbocycles. The molecular weight excluding hydrogens is 250 g/mol. The summed E-state index contributed by atoms with van der Waals surface area (Å²) in [6.07, 6.45) is 8.04. The van der Waals surface area contributed by atoms with E-state index >= 15 is 0 Å². The van der Waals surface area contributed by atoms with Gasteiger partial charge in [-0.05, 0) is 19.0 Å². The van der Waals surface area contributed by atoms with E-state index in [4.69, 9.17) is 9.47 Å². The molecule has 1 aromatic rings. The molecule has 112 valence electrons. The average molecular weight is 277 g/mol. The summed E-state index contributed by atoms with van der Waals surface area (Å²) >= 11 is 0. The first-order valence-electron chi connectivity index (χ1n) is 8.00. The largest absolute Gasteiger partial charge is 0.486 e. The summed E-state index contributed by atoms with van der Waals surface area (Å²) in [5.41, 5.74) is 1.20. The lowest BCUT2D eigenvalue weighted by molar-refractivity contribution is 0.169. The first-order valence-corrected chi connectivity index (χ1v) is 8.00. The number of benzene rings is 1. The number of unbranched alkanes of at least 4 members (excludes halogenated alkanes) is 5. The van der Waals surface area contributed by atoms with Crippen molar-refractivity contribution in [2.24, 2.45) is 0 Å². The highest BCUT2D eigenvalue weighted by molar-refractivity contribution is 5.47. The molecule has 0 fully saturated rings. The lowest BCUT2D eigenvalue weighted by Gasteiger charge is -2.21. The van der Waals surface area contributed by atoms with E-state index in [9.17, 15) is 0 Å². The number of hydrogen-bond acceptors (Lipinski definition) is 3. The van der Waals surface area contributed by atoms with Gasteiger partial charge in [0, 0.05) is 12.1 Å². The Morgan fingerprint density at radius 1 is 1.00 bits per heavy atom. The van der Waals surface area contributed by atoms with Crippen LogP contribution in [0, 0.1) is 0 Å². The molecule has 1 aliphatic heterocycles. The standard InChI is InChI=1S/C17H27NO2/c1-2-3-4-5-6-7-11-18-14-15-9-8-10-16-17(15)20-13-12-19-16/h8-10,18H,2-7,11-14H2,1H3. The Balaban J connectivity index is 1.64. The number of fused-ring (bicyclic) bond motifs is 1. The van der Waals surface area contributed by atoms with Gasteiger partial charge in [-0.3, -0.25) is 0 Å². The van der Waals surface area contributed by atoms with Crippen LogP contribution in [-0.2, 0) is 6.54 Å². The molecule has 0 bridgehead atoms. The summed E-state index contributed by atoms with van der Waals surface area (Å²) in [6, 6.07) is 6.13. The quantitative estimate of drug-likeness (QED) is 0.694. The predicted octanol–water partition coefficient (Wildman–Crippen LogP) is 3.91. The van der Waals surface area contributed by atoms with Crippen molar-refractivity contribution in [3.8, 4) is 11.5 Å². The Kier molecular flexibility index (Phi) is 6.72. The molecule has 2 rings (SSSR count). The van der Waals surface area contributed by atoms with Crippen LogP contribution >= 0.6 is 0 Å². The number of nitrogens with one attached hydrogen (secondary N) is 1. The normalized spacial score (nSPS) is 13.4. The number of hydrogen-bond donors (Lipinski definition) is 1. The van der Waals surface area contributed by atoms with Crippen molar-refractivity contribution in [3.05, 3.63) is 23.8 Å². The molecule has 0 unspecified atom stereocenters. The molecule has 0 amide bonds. The highest BCUT2D eigenvalue weighted by Gasteiger charge is 2.14. The molecule has 0 spiro atoms. The van der Waals surface area contributed by atoms with Crippen molar-refractivity contribution < 1.29 is 9.47 Å². The first kappa shape index (κ1) is 15.2. The van der Waals surface area contributed by atoms with E-state index < -0.39 is 0 Å². The van der Waals surface area contributed by atoms with E-state index in [1.54, 1.807) is 0 Å². The van der Waals surface area contributed by atoms with Gasteiger partial charge in [0.25, 0.3) is 0 Å². The first-order chi connectivity index (χ1) is 9.92. The van der Waals surface area contributed by atoms with Crippen LogP contribution in [0.4, 0.5) is 0 Å². The van der Waals surface area contributed by atoms with E-state index in [1.165, 1.54) is 44.1 Å². The summed E-state index contributed by atoms with van der Waals surface area (Å²) in [7, 11) is 0. The zero-order chi connectivity index (χ0) is 14.0. The highest BCUT2D eigenvalue weighted by Crippen LogP contribution is 2.33. The van der Waals surface area contributed by atoms with Gasteiger partial charge in [-0.2, -0.15) is 0 Å². The third-order valence-electron chi connectivity index (χ3n) is 3.67. The Hall–Kier alpha value is -1.22. The monoisotopic (exact) mass is 277 g/mol. The van der Waals surface area contributed by atoms with Crippen molar-refractivity contribution in [2.75, 3.05) is 19.8 Å². The van der Waals surface area contributed by atoms with E-state index in [-0.39, 0.29) is 0 Å². The van der Waals surface area contributed by atoms with Crippen LogP contribution in [0.3, 0.4) is 0 Å². The minimum absolute atomic E-state index is 0.654. The van der Waals surface area contributed by atoms with Gasteiger partial charge in [0.05, 0.1) is 0 Å². The molecular formula is C17H27NO2. The molecule has 0 radical (unpaired) electrons. The van der Waals surface area contributed by atoms with Crippen LogP contribution in [0.1, 0.15) is 51.0 Å². The Morgan fingerprint density at radius 2 is 1.80 bits per heavy atom. The van der Waals surface area contributed by atoms with Crippen molar-refractivity contribution in [1.29, 1.82) is 0 Å². The van der Waals surface area contributed by atoms with Gasteiger partial charge >= 0.3 is 0 Å². The fourth-order valence-corrected chi connectivity index (χ4v) is 2.53. The maximum Gasteiger partial charge on any atom is 0.165 e. The topological polar surface area (TPSA) is 30.5 Å². The lowest BCUT2D eigenvalue weighted by atomic mass is 10.1. The van der Waals surface area contributed by atoms with Crippen LogP contribution in [0.5, 0.6) is 11.5 Å². The smallest absolute Gasteiger partial charge is 0.165 e. The van der Waals surface area contributed by atoms with Crippen molar-refractivity contribution >= 4 is 0 Å². The molecule has 0 saturated carbocycles. The van der Waals surface area contributed by atoms with Crippen molar-refractivity contribution in [1.82, 2.24) is 5.32 Å². The number of ether oxygens (including phenoxy) is 2. The van der Waals surface area contributed by atoms with Crippen molar-refractivity contribution in [3.63, 3.8) is 0 Å². The van der Waals surface area contributed by atoms with Gasteiger partial charge < -0.3 is 14.8 Å². The zero-order valence-corrected chi connectivity index (χ0v) is 12.6. The summed E-state index contributed by atoms with van der Waals surface area (Å²) in [5.74, 6) is 1.81. The van der Waals surface area contributed by atoms with E-state index in [1.807, 2.05) is 12.1 Å². The Bertz CT molecular complexity index is 393. The van der Waals surface area contributed by atoms with Crippen LogP contribution in [0.15, 0.2) is 18.2 Å². The van der Waals surface area contributed by atoms with Gasteiger partial charge in [-0.25, -0.2) is 0 Å². The summed E-state index contributed by atoms with van der Waals surface area (Å²) < 4.78 is 11.3. The fourth-order valence-electron chi connectivity index (χ4n) is 2.53. The zero-order valence-electron chi connectivity index (χ0n) is 12.6. The molecule has 1 heterocycles. The number of rotatable bonds is 9. The Morgan fingerprint density at radius 3 is 2.70 bits per heavy atom. The van der Waals surface area contributed by atoms with Crippen LogP contribution < -0.4 is 14.8 Å². The maximum absolute atomic E-state index is 5.71. The van der Waals surface area contributed by atoms with Crippen molar-refractivity contribution in [2.45, 2.75) is 52.0 Å². The van der Waals surface area contributed by atoms with Gasteiger partial charge in [0.2, 0.25) is 0 Å². The minimum Gasteiger partial charge on any atom is -0.486 e. The van der Waals surface area contributed by atoms with Crippen LogP contribution in [-0.4, -0.2) is 19.8 Å². The fraction of sp³-hybridized carbons (Fsp3) is 0.647. The van der Waals surface area contributed by atoms with Crippen LogP contribution in [0.25, 0.3) is 0 Å². The minimum atomic E-state index is 0.654. The molecule has 0 saturated heterocycles. The second kappa shape index (κ2) is 8.85. The van der Waals surface area contributed by atoms with Gasteiger partial charge in [0.1, 0.15) is 13.2 Å².